The fourth-order valence-electron chi connectivity index (χ4n) is 2.79. The number of hydrogen-bond acceptors (Lipinski definition) is 3. The third kappa shape index (κ3) is 4.83. The first-order chi connectivity index (χ1) is 10.2. The quantitative estimate of drug-likeness (QED) is 0.436. The molecule has 4 heteroatoms. The smallest absolute Gasteiger partial charge is 0.238 e. The van der Waals surface area contributed by atoms with Crippen molar-refractivity contribution in [2.75, 3.05) is 13.1 Å². The summed E-state index contributed by atoms with van der Waals surface area (Å²) in [4.78, 5) is 13.9. The Kier molecular flexibility index (Phi) is 4.56. The highest BCUT2D eigenvalue weighted by Gasteiger charge is 2.29. The molecule has 0 saturated heterocycles. The normalized spacial score (nSPS) is 18.0. The Morgan fingerprint density at radius 1 is 1.05 bits per heavy atom. The van der Waals surface area contributed by atoms with E-state index >= 15 is 0 Å². The first kappa shape index (κ1) is 14.5. The summed E-state index contributed by atoms with van der Waals surface area (Å²) in [5, 5.41) is 0. The molecule has 1 aromatic rings. The molecule has 0 aromatic heterocycles. The SMILES string of the molecule is NNC(=O)Cc1ccc(CN(CC2CC2)CC2CC2)cc1. The number of carbonyl (C=O) groups excluding carboxylic acids is 1. The van der Waals surface area contributed by atoms with Gasteiger partial charge in [-0.3, -0.25) is 15.1 Å². The predicted octanol–water partition coefficient (Wildman–Crippen LogP) is 1.84. The third-order valence-corrected chi connectivity index (χ3v) is 4.38. The Morgan fingerprint density at radius 3 is 2.05 bits per heavy atom. The van der Waals surface area contributed by atoms with Crippen molar-refractivity contribution in [2.45, 2.75) is 38.6 Å². The Balaban J connectivity index is 1.55. The highest BCUT2D eigenvalue weighted by Crippen LogP contribution is 2.34. The van der Waals surface area contributed by atoms with E-state index in [0.29, 0.717) is 6.42 Å². The molecule has 2 aliphatic carbocycles. The largest absolute Gasteiger partial charge is 0.299 e. The second-order valence-electron chi connectivity index (χ2n) is 6.64. The summed E-state index contributed by atoms with van der Waals surface area (Å²) in [7, 11) is 0. The van der Waals surface area contributed by atoms with Crippen molar-refractivity contribution in [3.05, 3.63) is 35.4 Å². The van der Waals surface area contributed by atoms with E-state index in [-0.39, 0.29) is 5.91 Å². The molecule has 2 fully saturated rings. The van der Waals surface area contributed by atoms with Crippen molar-refractivity contribution in [1.82, 2.24) is 10.3 Å². The van der Waals surface area contributed by atoms with E-state index in [1.54, 1.807) is 0 Å². The van der Waals surface area contributed by atoms with Gasteiger partial charge < -0.3 is 0 Å². The van der Waals surface area contributed by atoms with Crippen molar-refractivity contribution in [2.24, 2.45) is 17.7 Å². The fraction of sp³-hybridized carbons (Fsp3) is 0.588. The summed E-state index contributed by atoms with van der Waals surface area (Å²) in [6.07, 6.45) is 6.00. The van der Waals surface area contributed by atoms with Crippen molar-refractivity contribution in [3.63, 3.8) is 0 Å². The number of hydrogen-bond donors (Lipinski definition) is 2. The molecular formula is C17H25N3O. The maximum Gasteiger partial charge on any atom is 0.238 e. The maximum atomic E-state index is 11.3. The van der Waals surface area contributed by atoms with Crippen LogP contribution in [0.25, 0.3) is 0 Å². The van der Waals surface area contributed by atoms with Crippen LogP contribution in [0.15, 0.2) is 24.3 Å². The van der Waals surface area contributed by atoms with Gasteiger partial charge in [0.1, 0.15) is 0 Å². The second-order valence-corrected chi connectivity index (χ2v) is 6.64. The van der Waals surface area contributed by atoms with E-state index in [1.807, 2.05) is 12.1 Å². The number of nitrogens with zero attached hydrogens (tertiary/aromatic N) is 1. The lowest BCUT2D eigenvalue weighted by Crippen LogP contribution is -2.31. The Labute approximate surface area is 126 Å². The van der Waals surface area contributed by atoms with Crippen molar-refractivity contribution in [3.8, 4) is 0 Å². The average Bonchev–Trinajstić information content (AvgIpc) is 3.37. The van der Waals surface area contributed by atoms with Gasteiger partial charge in [0.15, 0.2) is 0 Å². The molecule has 21 heavy (non-hydrogen) atoms. The molecule has 0 atom stereocenters. The van der Waals surface area contributed by atoms with Crippen LogP contribution < -0.4 is 11.3 Å². The highest BCUT2D eigenvalue weighted by molar-refractivity contribution is 5.77. The van der Waals surface area contributed by atoms with Gasteiger partial charge in [0, 0.05) is 19.6 Å². The lowest BCUT2D eigenvalue weighted by atomic mass is 10.1. The molecule has 2 saturated carbocycles. The van der Waals surface area contributed by atoms with Crippen molar-refractivity contribution < 1.29 is 4.79 Å². The number of nitrogens with two attached hydrogens (primary N) is 1. The minimum absolute atomic E-state index is 0.146. The summed E-state index contributed by atoms with van der Waals surface area (Å²) in [6.45, 7) is 3.55. The van der Waals surface area contributed by atoms with Gasteiger partial charge in [0.2, 0.25) is 5.91 Å². The molecule has 0 bridgehead atoms. The number of hydrazine groups is 1. The number of benzene rings is 1. The lowest BCUT2D eigenvalue weighted by Gasteiger charge is -2.22. The maximum absolute atomic E-state index is 11.3. The van der Waals surface area contributed by atoms with E-state index in [0.717, 1.165) is 23.9 Å². The fourth-order valence-corrected chi connectivity index (χ4v) is 2.79. The van der Waals surface area contributed by atoms with Crippen LogP contribution in [0.3, 0.4) is 0 Å². The Bertz CT molecular complexity index is 463. The molecular weight excluding hydrogens is 262 g/mol. The number of amides is 1. The van der Waals surface area contributed by atoms with Gasteiger partial charge in [-0.1, -0.05) is 24.3 Å². The van der Waals surface area contributed by atoms with Crippen LogP contribution >= 0.6 is 0 Å². The van der Waals surface area contributed by atoms with Gasteiger partial charge in [-0.25, -0.2) is 5.84 Å². The zero-order valence-corrected chi connectivity index (χ0v) is 12.6. The zero-order valence-electron chi connectivity index (χ0n) is 12.6. The van der Waals surface area contributed by atoms with Crippen LogP contribution in [0.1, 0.15) is 36.8 Å². The molecule has 0 heterocycles. The lowest BCUT2D eigenvalue weighted by molar-refractivity contribution is -0.120. The number of nitrogens with one attached hydrogen (secondary N) is 1. The van der Waals surface area contributed by atoms with Gasteiger partial charge in [0.05, 0.1) is 6.42 Å². The van der Waals surface area contributed by atoms with Gasteiger partial charge in [0.25, 0.3) is 0 Å². The molecule has 1 aromatic carbocycles. The first-order valence-electron chi connectivity index (χ1n) is 8.02. The highest BCUT2D eigenvalue weighted by atomic mass is 16.2. The Hall–Kier alpha value is -1.39. The van der Waals surface area contributed by atoms with Crippen LogP contribution in [-0.4, -0.2) is 23.9 Å². The van der Waals surface area contributed by atoms with E-state index in [4.69, 9.17) is 5.84 Å². The van der Waals surface area contributed by atoms with Gasteiger partial charge in [-0.2, -0.15) is 0 Å². The molecule has 3 rings (SSSR count). The van der Waals surface area contributed by atoms with E-state index in [1.165, 1.54) is 44.3 Å². The summed E-state index contributed by atoms with van der Waals surface area (Å²) in [6, 6.07) is 8.37. The van der Waals surface area contributed by atoms with Crippen LogP contribution in [0.2, 0.25) is 0 Å². The van der Waals surface area contributed by atoms with E-state index in [9.17, 15) is 4.79 Å². The summed E-state index contributed by atoms with van der Waals surface area (Å²) >= 11 is 0. The number of carbonyl (C=O) groups is 1. The van der Waals surface area contributed by atoms with E-state index < -0.39 is 0 Å². The molecule has 0 spiro atoms. The van der Waals surface area contributed by atoms with E-state index in [2.05, 4.69) is 22.5 Å². The first-order valence-corrected chi connectivity index (χ1v) is 8.02. The monoisotopic (exact) mass is 287 g/mol. The molecule has 0 radical (unpaired) electrons. The average molecular weight is 287 g/mol. The predicted molar refractivity (Wildman–Crippen MR) is 83.2 cm³/mol. The van der Waals surface area contributed by atoms with Crippen molar-refractivity contribution in [1.29, 1.82) is 0 Å². The van der Waals surface area contributed by atoms with Crippen molar-refractivity contribution >= 4 is 5.91 Å². The minimum Gasteiger partial charge on any atom is -0.299 e. The molecule has 114 valence electrons. The van der Waals surface area contributed by atoms with Crippen LogP contribution in [-0.2, 0) is 17.8 Å². The second kappa shape index (κ2) is 6.58. The van der Waals surface area contributed by atoms with Crippen LogP contribution in [0.5, 0.6) is 0 Å². The van der Waals surface area contributed by atoms with Gasteiger partial charge >= 0.3 is 0 Å². The zero-order chi connectivity index (χ0) is 14.7. The topological polar surface area (TPSA) is 58.4 Å². The minimum atomic E-state index is -0.146. The summed E-state index contributed by atoms with van der Waals surface area (Å²) < 4.78 is 0. The summed E-state index contributed by atoms with van der Waals surface area (Å²) in [5.41, 5.74) is 4.52. The molecule has 3 N–H and O–H groups in total. The van der Waals surface area contributed by atoms with Gasteiger partial charge in [-0.15, -0.1) is 0 Å². The standard InChI is InChI=1S/C17H25N3O/c18-19-17(21)9-13-1-3-14(4-2-13)10-20(11-15-5-6-15)12-16-7-8-16/h1-4,15-16H,5-12,18H2,(H,19,21). The Morgan fingerprint density at radius 2 is 1.57 bits per heavy atom. The molecule has 0 aliphatic heterocycles. The van der Waals surface area contributed by atoms with Crippen LogP contribution in [0.4, 0.5) is 0 Å². The number of rotatable bonds is 8. The molecule has 0 unspecified atom stereocenters. The molecule has 4 nitrogen and oxygen atoms in total. The van der Waals surface area contributed by atoms with Gasteiger partial charge in [-0.05, 0) is 48.6 Å². The molecule has 2 aliphatic rings. The summed E-state index contributed by atoms with van der Waals surface area (Å²) in [5.74, 6) is 6.85. The van der Waals surface area contributed by atoms with Crippen LogP contribution in [0, 0.1) is 11.8 Å². The molecule has 1 amide bonds. The third-order valence-electron chi connectivity index (χ3n) is 4.38.